The molecule has 0 saturated carbocycles. The lowest BCUT2D eigenvalue weighted by atomic mass is 9.82. The van der Waals surface area contributed by atoms with E-state index in [2.05, 4.69) is 0 Å². The number of benzene rings is 1. The van der Waals surface area contributed by atoms with Crippen LogP contribution in [0.15, 0.2) is 30.3 Å². The number of carbonyl (C=O) groups is 1. The number of hydrogen-bond acceptors (Lipinski definition) is 3. The summed E-state index contributed by atoms with van der Waals surface area (Å²) in [6.45, 7) is 1.99. The molecule has 15 heavy (non-hydrogen) atoms. The van der Waals surface area contributed by atoms with Gasteiger partial charge in [0.15, 0.2) is 0 Å². The molecular formula is C12H14O2S. The van der Waals surface area contributed by atoms with Gasteiger partial charge < -0.3 is 9.90 Å². The van der Waals surface area contributed by atoms with Crippen molar-refractivity contribution in [1.82, 2.24) is 0 Å². The smallest absolute Gasteiger partial charge is 0.127 e. The van der Waals surface area contributed by atoms with Crippen LogP contribution in [0.2, 0.25) is 0 Å². The zero-order chi connectivity index (χ0) is 10.9. The number of thioether (sulfide) groups is 1. The second-order valence-electron chi connectivity index (χ2n) is 3.97. The molecule has 1 aliphatic rings. The monoisotopic (exact) mass is 222 g/mol. The summed E-state index contributed by atoms with van der Waals surface area (Å²) in [6.07, 6.45) is 0.887. The third kappa shape index (κ3) is 1.70. The third-order valence-electron chi connectivity index (χ3n) is 3.04. The molecule has 0 unspecified atom stereocenters. The van der Waals surface area contributed by atoms with E-state index in [0.717, 1.165) is 11.8 Å². The fraction of sp³-hybridized carbons (Fsp3) is 0.417. The molecule has 3 heteroatoms. The Labute approximate surface area is 93.7 Å². The van der Waals surface area contributed by atoms with E-state index >= 15 is 0 Å². The van der Waals surface area contributed by atoms with Crippen molar-refractivity contribution in [2.75, 3.05) is 5.75 Å². The second-order valence-corrected chi connectivity index (χ2v) is 5.33. The van der Waals surface area contributed by atoms with Crippen LogP contribution in [0.4, 0.5) is 0 Å². The van der Waals surface area contributed by atoms with Crippen molar-refractivity contribution >= 4 is 18.0 Å². The van der Waals surface area contributed by atoms with Crippen molar-refractivity contribution in [3.8, 4) is 0 Å². The molecule has 0 amide bonds. The van der Waals surface area contributed by atoms with Crippen molar-refractivity contribution < 1.29 is 9.90 Å². The number of aldehydes is 1. The van der Waals surface area contributed by atoms with Crippen molar-refractivity contribution in [2.24, 2.45) is 5.92 Å². The first-order chi connectivity index (χ1) is 7.18. The van der Waals surface area contributed by atoms with Gasteiger partial charge in [-0.1, -0.05) is 37.3 Å². The number of rotatable bonds is 2. The number of hydrogen-bond donors (Lipinski definition) is 1. The van der Waals surface area contributed by atoms with E-state index in [1.165, 1.54) is 0 Å². The van der Waals surface area contributed by atoms with E-state index in [0.29, 0.717) is 5.75 Å². The maximum absolute atomic E-state index is 11.0. The van der Waals surface area contributed by atoms with E-state index in [-0.39, 0.29) is 11.2 Å². The molecule has 0 aromatic heterocycles. The molecule has 0 aliphatic carbocycles. The maximum atomic E-state index is 11.0. The molecule has 1 aliphatic heterocycles. The molecule has 0 spiro atoms. The standard InChI is InChI=1S/C12H14O2S/c1-9-11(7-13)12(14,8-15-9)10-5-3-2-4-6-10/h2-7,9,11,14H,8H2,1H3/t9-,11-,12-/m1/s1. The summed E-state index contributed by atoms with van der Waals surface area (Å²) < 4.78 is 0. The van der Waals surface area contributed by atoms with Crippen LogP contribution in [0, 0.1) is 5.92 Å². The normalized spacial score (nSPS) is 35.3. The minimum Gasteiger partial charge on any atom is -0.384 e. The SMILES string of the molecule is C[C@H]1SC[C@@](O)(c2ccccc2)[C@@H]1C=O. The Bertz CT molecular complexity index is 352. The van der Waals surface area contributed by atoms with E-state index in [1.807, 2.05) is 37.3 Å². The van der Waals surface area contributed by atoms with Crippen molar-refractivity contribution in [3.05, 3.63) is 35.9 Å². The van der Waals surface area contributed by atoms with Gasteiger partial charge in [0.1, 0.15) is 11.9 Å². The molecule has 80 valence electrons. The van der Waals surface area contributed by atoms with Gasteiger partial charge in [0.05, 0.1) is 5.92 Å². The fourth-order valence-corrected chi connectivity index (χ4v) is 3.45. The Morgan fingerprint density at radius 3 is 2.73 bits per heavy atom. The molecule has 1 aromatic rings. The van der Waals surface area contributed by atoms with Gasteiger partial charge in [-0.25, -0.2) is 0 Å². The Balaban J connectivity index is 2.38. The molecule has 1 heterocycles. The van der Waals surface area contributed by atoms with Gasteiger partial charge in [-0.05, 0) is 5.56 Å². The number of aliphatic hydroxyl groups is 1. The highest BCUT2D eigenvalue weighted by molar-refractivity contribution is 8.00. The van der Waals surface area contributed by atoms with E-state index in [1.54, 1.807) is 11.8 Å². The molecule has 0 bridgehead atoms. The summed E-state index contributed by atoms with van der Waals surface area (Å²) in [5.41, 5.74) is -0.133. The Morgan fingerprint density at radius 2 is 2.13 bits per heavy atom. The molecule has 2 nitrogen and oxygen atoms in total. The van der Waals surface area contributed by atoms with Crippen LogP contribution in [0.25, 0.3) is 0 Å². The first-order valence-corrected chi connectivity index (χ1v) is 6.08. The van der Waals surface area contributed by atoms with Gasteiger partial charge in [0, 0.05) is 11.0 Å². The molecule has 1 fully saturated rings. The molecule has 2 rings (SSSR count). The quantitative estimate of drug-likeness (QED) is 0.776. The molecule has 1 saturated heterocycles. The lowest BCUT2D eigenvalue weighted by Crippen LogP contribution is -2.36. The topological polar surface area (TPSA) is 37.3 Å². The molecular weight excluding hydrogens is 208 g/mol. The maximum Gasteiger partial charge on any atom is 0.127 e. The van der Waals surface area contributed by atoms with Crippen LogP contribution < -0.4 is 0 Å². The molecule has 1 aromatic carbocycles. The van der Waals surface area contributed by atoms with Crippen molar-refractivity contribution in [3.63, 3.8) is 0 Å². The number of carbonyl (C=O) groups excluding carboxylic acids is 1. The third-order valence-corrected chi connectivity index (χ3v) is 4.47. The van der Waals surface area contributed by atoms with Crippen molar-refractivity contribution in [2.45, 2.75) is 17.8 Å². The first-order valence-electron chi connectivity index (χ1n) is 5.03. The van der Waals surface area contributed by atoms with Crippen LogP contribution in [-0.2, 0) is 10.4 Å². The lowest BCUT2D eigenvalue weighted by molar-refractivity contribution is -0.118. The van der Waals surface area contributed by atoms with Gasteiger partial charge in [0.25, 0.3) is 0 Å². The van der Waals surface area contributed by atoms with Gasteiger partial charge in [0.2, 0.25) is 0 Å². The van der Waals surface area contributed by atoms with Crippen LogP contribution in [0.3, 0.4) is 0 Å². The minimum atomic E-state index is -0.979. The summed E-state index contributed by atoms with van der Waals surface area (Å²) in [7, 11) is 0. The average Bonchev–Trinajstić information content (AvgIpc) is 2.57. The largest absolute Gasteiger partial charge is 0.384 e. The highest BCUT2D eigenvalue weighted by Crippen LogP contribution is 2.44. The summed E-state index contributed by atoms with van der Waals surface area (Å²) in [5.74, 6) is 0.298. The Hall–Kier alpha value is -0.800. The van der Waals surface area contributed by atoms with Crippen LogP contribution in [-0.4, -0.2) is 22.4 Å². The summed E-state index contributed by atoms with van der Waals surface area (Å²) in [6, 6.07) is 9.46. The summed E-state index contributed by atoms with van der Waals surface area (Å²) in [5, 5.41) is 10.7. The van der Waals surface area contributed by atoms with Gasteiger partial charge in [-0.15, -0.1) is 0 Å². The lowest BCUT2D eigenvalue weighted by Gasteiger charge is -2.27. The van der Waals surface area contributed by atoms with Gasteiger partial charge >= 0.3 is 0 Å². The van der Waals surface area contributed by atoms with E-state index < -0.39 is 5.60 Å². The Morgan fingerprint density at radius 1 is 1.47 bits per heavy atom. The Kier molecular flexibility index (Phi) is 2.85. The second kappa shape index (κ2) is 3.99. The predicted molar refractivity (Wildman–Crippen MR) is 61.8 cm³/mol. The van der Waals surface area contributed by atoms with E-state index in [9.17, 15) is 9.90 Å². The van der Waals surface area contributed by atoms with Crippen LogP contribution >= 0.6 is 11.8 Å². The summed E-state index contributed by atoms with van der Waals surface area (Å²) >= 11 is 1.65. The molecule has 0 radical (unpaired) electrons. The molecule has 1 N–H and O–H groups in total. The van der Waals surface area contributed by atoms with Crippen LogP contribution in [0.1, 0.15) is 12.5 Å². The van der Waals surface area contributed by atoms with Gasteiger partial charge in [-0.2, -0.15) is 11.8 Å². The van der Waals surface area contributed by atoms with E-state index in [4.69, 9.17) is 0 Å². The highest BCUT2D eigenvalue weighted by atomic mass is 32.2. The fourth-order valence-electron chi connectivity index (χ4n) is 2.07. The minimum absolute atomic E-state index is 0.188. The summed E-state index contributed by atoms with van der Waals surface area (Å²) in [4.78, 5) is 11.0. The van der Waals surface area contributed by atoms with Crippen LogP contribution in [0.5, 0.6) is 0 Å². The van der Waals surface area contributed by atoms with Crippen molar-refractivity contribution in [1.29, 1.82) is 0 Å². The average molecular weight is 222 g/mol. The first kappa shape index (κ1) is 10.7. The zero-order valence-corrected chi connectivity index (χ0v) is 9.41. The molecule has 3 atom stereocenters. The zero-order valence-electron chi connectivity index (χ0n) is 8.59. The predicted octanol–water partition coefficient (Wildman–Crippen LogP) is 1.82. The highest BCUT2D eigenvalue weighted by Gasteiger charge is 2.47. The van der Waals surface area contributed by atoms with Gasteiger partial charge in [-0.3, -0.25) is 0 Å².